The molecule has 6 nitrogen and oxygen atoms in total. The number of amides is 3. The largest absolute Gasteiger partial charge is 0.481 e. The Hall–Kier alpha value is -1.59. The Morgan fingerprint density at radius 2 is 1.53 bits per heavy atom. The standard InChI is InChI=1S/C13H24N2O4/c1-3-9-15(10-4-2)13(19)14-11(16)7-5-6-8-12(17)18/h3-10H2,1-2H3,(H,17,18)(H,14,16,19). The summed E-state index contributed by atoms with van der Waals surface area (Å²) in [5.41, 5.74) is 0. The molecule has 0 aromatic carbocycles. The van der Waals surface area contributed by atoms with Gasteiger partial charge in [0.2, 0.25) is 5.91 Å². The van der Waals surface area contributed by atoms with Gasteiger partial charge in [0.25, 0.3) is 0 Å². The van der Waals surface area contributed by atoms with E-state index in [-0.39, 0.29) is 24.8 Å². The molecule has 0 saturated carbocycles. The molecule has 0 aliphatic carbocycles. The van der Waals surface area contributed by atoms with Crippen molar-refractivity contribution < 1.29 is 19.5 Å². The van der Waals surface area contributed by atoms with Gasteiger partial charge in [-0.3, -0.25) is 14.9 Å². The van der Waals surface area contributed by atoms with E-state index in [1.807, 2.05) is 13.8 Å². The van der Waals surface area contributed by atoms with Crippen LogP contribution < -0.4 is 5.32 Å². The zero-order valence-electron chi connectivity index (χ0n) is 11.8. The Morgan fingerprint density at radius 3 is 2.00 bits per heavy atom. The Balaban J connectivity index is 3.95. The van der Waals surface area contributed by atoms with Crippen molar-refractivity contribution in [2.24, 2.45) is 0 Å². The highest BCUT2D eigenvalue weighted by atomic mass is 16.4. The van der Waals surface area contributed by atoms with Gasteiger partial charge in [-0.1, -0.05) is 13.8 Å². The monoisotopic (exact) mass is 272 g/mol. The number of aliphatic carboxylic acids is 1. The molecule has 0 unspecified atom stereocenters. The Morgan fingerprint density at radius 1 is 1.00 bits per heavy atom. The van der Waals surface area contributed by atoms with Crippen molar-refractivity contribution in [3.05, 3.63) is 0 Å². The molecule has 110 valence electrons. The minimum absolute atomic E-state index is 0.0546. The van der Waals surface area contributed by atoms with Gasteiger partial charge in [0.15, 0.2) is 0 Å². The summed E-state index contributed by atoms with van der Waals surface area (Å²) in [7, 11) is 0. The Bertz CT molecular complexity index is 299. The summed E-state index contributed by atoms with van der Waals surface area (Å²) < 4.78 is 0. The fourth-order valence-corrected chi connectivity index (χ4v) is 1.68. The van der Waals surface area contributed by atoms with Crippen LogP contribution >= 0.6 is 0 Å². The molecule has 0 spiro atoms. The third-order valence-electron chi connectivity index (χ3n) is 2.57. The third kappa shape index (κ3) is 9.04. The molecule has 0 aromatic rings. The van der Waals surface area contributed by atoms with Gasteiger partial charge in [0.1, 0.15) is 0 Å². The second-order valence-corrected chi connectivity index (χ2v) is 4.44. The molecule has 0 bridgehead atoms. The molecule has 0 rings (SSSR count). The highest BCUT2D eigenvalue weighted by Gasteiger charge is 2.14. The van der Waals surface area contributed by atoms with Gasteiger partial charge in [0, 0.05) is 25.9 Å². The molecule has 0 atom stereocenters. The predicted octanol–water partition coefficient (Wildman–Crippen LogP) is 1.99. The van der Waals surface area contributed by atoms with Crippen LogP contribution in [0, 0.1) is 0 Å². The second-order valence-electron chi connectivity index (χ2n) is 4.44. The van der Waals surface area contributed by atoms with Crippen molar-refractivity contribution in [3.63, 3.8) is 0 Å². The van der Waals surface area contributed by atoms with E-state index < -0.39 is 5.97 Å². The molecule has 0 radical (unpaired) electrons. The topological polar surface area (TPSA) is 86.7 Å². The fourth-order valence-electron chi connectivity index (χ4n) is 1.68. The van der Waals surface area contributed by atoms with E-state index in [2.05, 4.69) is 5.32 Å². The minimum atomic E-state index is -0.867. The van der Waals surface area contributed by atoms with Crippen LogP contribution in [0.5, 0.6) is 0 Å². The van der Waals surface area contributed by atoms with Crippen molar-refractivity contribution >= 4 is 17.9 Å². The molecule has 3 amide bonds. The van der Waals surface area contributed by atoms with Crippen LogP contribution in [-0.4, -0.2) is 41.0 Å². The number of unbranched alkanes of at least 4 members (excludes halogenated alkanes) is 1. The lowest BCUT2D eigenvalue weighted by Gasteiger charge is -2.21. The molecule has 0 aliphatic heterocycles. The number of carbonyl (C=O) groups excluding carboxylic acids is 2. The van der Waals surface area contributed by atoms with Crippen LogP contribution in [-0.2, 0) is 9.59 Å². The van der Waals surface area contributed by atoms with Gasteiger partial charge in [-0.25, -0.2) is 4.79 Å². The zero-order valence-corrected chi connectivity index (χ0v) is 11.8. The number of hydrogen-bond donors (Lipinski definition) is 2. The van der Waals surface area contributed by atoms with Crippen molar-refractivity contribution in [2.45, 2.75) is 52.4 Å². The maximum atomic E-state index is 11.8. The normalized spacial score (nSPS) is 10.0. The lowest BCUT2D eigenvalue weighted by atomic mass is 10.2. The Labute approximate surface area is 114 Å². The predicted molar refractivity (Wildman–Crippen MR) is 71.8 cm³/mol. The summed E-state index contributed by atoms with van der Waals surface area (Å²) in [6, 6.07) is -0.355. The Kier molecular flexibility index (Phi) is 9.48. The first kappa shape index (κ1) is 17.4. The van der Waals surface area contributed by atoms with Crippen LogP contribution in [0.3, 0.4) is 0 Å². The molecule has 0 fully saturated rings. The van der Waals surface area contributed by atoms with Crippen molar-refractivity contribution in [1.29, 1.82) is 0 Å². The van der Waals surface area contributed by atoms with Gasteiger partial charge in [-0.2, -0.15) is 0 Å². The highest BCUT2D eigenvalue weighted by Crippen LogP contribution is 2.01. The van der Waals surface area contributed by atoms with Crippen molar-refractivity contribution in [1.82, 2.24) is 10.2 Å². The van der Waals surface area contributed by atoms with E-state index in [9.17, 15) is 14.4 Å². The average molecular weight is 272 g/mol. The second kappa shape index (κ2) is 10.3. The molecular weight excluding hydrogens is 248 g/mol. The van der Waals surface area contributed by atoms with E-state index in [1.165, 1.54) is 0 Å². The zero-order chi connectivity index (χ0) is 14.7. The smallest absolute Gasteiger partial charge is 0.324 e. The van der Waals surface area contributed by atoms with Gasteiger partial charge in [0.05, 0.1) is 0 Å². The van der Waals surface area contributed by atoms with Crippen LogP contribution in [0.15, 0.2) is 0 Å². The van der Waals surface area contributed by atoms with Crippen LogP contribution in [0.25, 0.3) is 0 Å². The number of hydrogen-bond acceptors (Lipinski definition) is 3. The molecule has 0 saturated heterocycles. The average Bonchev–Trinajstić information content (AvgIpc) is 2.34. The van der Waals surface area contributed by atoms with E-state index in [4.69, 9.17) is 5.11 Å². The first-order valence-electron chi connectivity index (χ1n) is 6.81. The third-order valence-corrected chi connectivity index (χ3v) is 2.57. The van der Waals surface area contributed by atoms with Gasteiger partial charge < -0.3 is 10.0 Å². The summed E-state index contributed by atoms with van der Waals surface area (Å²) in [5, 5.41) is 10.8. The molecule has 0 aromatic heterocycles. The number of rotatable bonds is 9. The van der Waals surface area contributed by atoms with Crippen LogP contribution in [0.2, 0.25) is 0 Å². The summed E-state index contributed by atoms with van der Waals surface area (Å²) in [6.45, 7) is 5.21. The summed E-state index contributed by atoms with van der Waals surface area (Å²) >= 11 is 0. The quantitative estimate of drug-likeness (QED) is 0.628. The molecule has 6 heteroatoms. The number of carboxylic acids is 1. The SMILES string of the molecule is CCCN(CCC)C(=O)NC(=O)CCCCC(=O)O. The van der Waals surface area contributed by atoms with E-state index >= 15 is 0 Å². The van der Waals surface area contributed by atoms with Gasteiger partial charge in [-0.05, 0) is 25.7 Å². The summed E-state index contributed by atoms with van der Waals surface area (Å²) in [6.07, 6.45) is 2.86. The van der Waals surface area contributed by atoms with E-state index in [0.29, 0.717) is 25.9 Å². The first-order valence-corrected chi connectivity index (χ1v) is 6.81. The maximum absolute atomic E-state index is 11.8. The number of carboxylic acid groups (broad SMARTS) is 1. The number of imide groups is 1. The van der Waals surface area contributed by atoms with Crippen LogP contribution in [0.1, 0.15) is 52.4 Å². The van der Waals surface area contributed by atoms with Crippen molar-refractivity contribution in [2.75, 3.05) is 13.1 Å². The van der Waals surface area contributed by atoms with Gasteiger partial charge in [-0.15, -0.1) is 0 Å². The molecule has 0 heterocycles. The highest BCUT2D eigenvalue weighted by molar-refractivity contribution is 5.94. The molecule has 2 N–H and O–H groups in total. The fraction of sp³-hybridized carbons (Fsp3) is 0.769. The minimum Gasteiger partial charge on any atom is -0.481 e. The van der Waals surface area contributed by atoms with E-state index in [0.717, 1.165) is 12.8 Å². The number of nitrogens with zero attached hydrogens (tertiary/aromatic N) is 1. The van der Waals surface area contributed by atoms with Crippen molar-refractivity contribution in [3.8, 4) is 0 Å². The number of carbonyl (C=O) groups is 3. The maximum Gasteiger partial charge on any atom is 0.324 e. The van der Waals surface area contributed by atoms with E-state index in [1.54, 1.807) is 4.90 Å². The molecule has 19 heavy (non-hydrogen) atoms. The summed E-state index contributed by atoms with van der Waals surface area (Å²) in [5.74, 6) is -1.21. The number of nitrogens with one attached hydrogen (secondary N) is 1. The summed E-state index contributed by atoms with van der Waals surface area (Å²) in [4.78, 5) is 35.2. The number of urea groups is 1. The molecule has 0 aliphatic rings. The van der Waals surface area contributed by atoms with Gasteiger partial charge >= 0.3 is 12.0 Å². The lowest BCUT2D eigenvalue weighted by Crippen LogP contribution is -2.43. The first-order chi connectivity index (χ1) is 9.01. The van der Waals surface area contributed by atoms with Crippen LogP contribution in [0.4, 0.5) is 4.79 Å². The lowest BCUT2D eigenvalue weighted by molar-refractivity contribution is -0.137. The molecular formula is C13H24N2O4.